The Hall–Kier alpha value is -4.06. The van der Waals surface area contributed by atoms with Crippen molar-refractivity contribution in [2.75, 3.05) is 16.4 Å². The van der Waals surface area contributed by atoms with Gasteiger partial charge in [0.2, 0.25) is 5.91 Å². The Morgan fingerprint density at radius 3 is 2.45 bits per heavy atom. The Bertz CT molecular complexity index is 1500. The van der Waals surface area contributed by atoms with Crippen LogP contribution in [-0.4, -0.2) is 17.6 Å². The van der Waals surface area contributed by atoms with E-state index in [-0.39, 0.29) is 28.4 Å². The molecule has 0 unspecified atom stereocenters. The Morgan fingerprint density at radius 2 is 1.74 bits per heavy atom. The van der Waals surface area contributed by atoms with E-state index < -0.39 is 17.6 Å². The fraction of sp³-hybridized carbons (Fsp3) is 0.138. The minimum absolute atomic E-state index is 0.0255. The lowest BCUT2D eigenvalue weighted by Crippen LogP contribution is -2.31. The Kier molecular flexibility index (Phi) is 8.52. The third-order valence-electron chi connectivity index (χ3n) is 6.03. The molecule has 3 aromatic rings. The van der Waals surface area contributed by atoms with Crippen LogP contribution in [0.1, 0.15) is 24.0 Å². The SMILES string of the molecule is CC1=C(C(=O)Nc2ccccc2)[C@@H](c2ccccc2F)C(C#N)=C(SCC(=O)Nc2cccc(Cl)c2C)N1. The molecule has 38 heavy (non-hydrogen) atoms. The van der Waals surface area contributed by atoms with Crippen molar-refractivity contribution in [1.29, 1.82) is 5.26 Å². The van der Waals surface area contributed by atoms with Crippen LogP contribution in [-0.2, 0) is 9.59 Å². The van der Waals surface area contributed by atoms with Crippen molar-refractivity contribution in [2.45, 2.75) is 19.8 Å². The number of rotatable bonds is 7. The van der Waals surface area contributed by atoms with Gasteiger partial charge in [0, 0.05) is 33.2 Å². The summed E-state index contributed by atoms with van der Waals surface area (Å²) < 4.78 is 15.0. The molecule has 0 saturated heterocycles. The van der Waals surface area contributed by atoms with Crippen molar-refractivity contribution in [3.63, 3.8) is 0 Å². The third-order valence-corrected chi connectivity index (χ3v) is 7.46. The van der Waals surface area contributed by atoms with E-state index in [1.165, 1.54) is 6.07 Å². The number of dihydropyridines is 1. The zero-order valence-electron chi connectivity index (χ0n) is 20.6. The van der Waals surface area contributed by atoms with Gasteiger partial charge >= 0.3 is 0 Å². The molecule has 2 amide bonds. The first-order valence-corrected chi connectivity index (χ1v) is 13.1. The number of nitriles is 1. The summed E-state index contributed by atoms with van der Waals surface area (Å²) in [6.07, 6.45) is 0. The zero-order chi connectivity index (χ0) is 27.2. The van der Waals surface area contributed by atoms with Crippen molar-refractivity contribution >= 4 is 46.6 Å². The molecule has 3 aromatic carbocycles. The minimum atomic E-state index is -0.966. The highest BCUT2D eigenvalue weighted by molar-refractivity contribution is 8.03. The molecular formula is C29H24ClFN4O2S. The van der Waals surface area contributed by atoms with Crippen molar-refractivity contribution in [2.24, 2.45) is 0 Å². The number of thioether (sulfide) groups is 1. The van der Waals surface area contributed by atoms with Gasteiger partial charge in [-0.25, -0.2) is 4.39 Å². The van der Waals surface area contributed by atoms with Gasteiger partial charge in [0.05, 0.1) is 28.3 Å². The first kappa shape index (κ1) is 27.0. The quantitative estimate of drug-likeness (QED) is 0.315. The predicted octanol–water partition coefficient (Wildman–Crippen LogP) is 6.49. The molecule has 1 aliphatic heterocycles. The molecule has 192 valence electrons. The molecule has 1 atom stereocenters. The van der Waals surface area contributed by atoms with E-state index in [0.717, 1.165) is 17.3 Å². The summed E-state index contributed by atoms with van der Waals surface area (Å²) in [5.41, 5.74) is 2.93. The molecule has 0 fully saturated rings. The summed E-state index contributed by atoms with van der Waals surface area (Å²) in [6, 6.07) is 22.3. The molecular weight excluding hydrogens is 523 g/mol. The summed E-state index contributed by atoms with van der Waals surface area (Å²) in [7, 11) is 0. The van der Waals surface area contributed by atoms with Crippen molar-refractivity contribution < 1.29 is 14.0 Å². The van der Waals surface area contributed by atoms with Gasteiger partial charge < -0.3 is 16.0 Å². The van der Waals surface area contributed by atoms with E-state index in [1.807, 2.05) is 6.07 Å². The molecule has 1 heterocycles. The smallest absolute Gasteiger partial charge is 0.254 e. The van der Waals surface area contributed by atoms with Crippen molar-refractivity contribution in [3.05, 3.63) is 117 Å². The molecule has 0 aliphatic carbocycles. The lowest BCUT2D eigenvalue weighted by atomic mass is 9.82. The molecule has 0 radical (unpaired) electrons. The molecule has 6 nitrogen and oxygen atoms in total. The Balaban J connectivity index is 1.64. The molecule has 1 aliphatic rings. The molecule has 0 saturated carbocycles. The van der Waals surface area contributed by atoms with Gasteiger partial charge in [-0.2, -0.15) is 5.26 Å². The van der Waals surface area contributed by atoms with Gasteiger partial charge in [-0.15, -0.1) is 0 Å². The van der Waals surface area contributed by atoms with Crippen LogP contribution in [0.4, 0.5) is 15.8 Å². The molecule has 3 N–H and O–H groups in total. The summed E-state index contributed by atoms with van der Waals surface area (Å²) in [4.78, 5) is 26.2. The lowest BCUT2D eigenvalue weighted by molar-refractivity contribution is -0.114. The van der Waals surface area contributed by atoms with Crippen LogP contribution >= 0.6 is 23.4 Å². The van der Waals surface area contributed by atoms with Crippen LogP contribution in [0, 0.1) is 24.1 Å². The Labute approximate surface area is 229 Å². The number of anilines is 2. The summed E-state index contributed by atoms with van der Waals surface area (Å²) >= 11 is 7.25. The monoisotopic (exact) mass is 546 g/mol. The standard InChI is InChI=1S/C29H24ClFN4O2S/c1-17-22(30)12-8-14-24(17)35-25(36)16-38-29-21(15-32)27(20-11-6-7-13-23(20)31)26(18(2)33-29)28(37)34-19-9-4-3-5-10-19/h3-14,27,33H,16H2,1-2H3,(H,34,37)(H,35,36)/t27-/m0/s1. The number of amides is 2. The van der Waals surface area contributed by atoms with Crippen molar-refractivity contribution in [3.8, 4) is 6.07 Å². The number of carbonyl (C=O) groups is 2. The van der Waals surface area contributed by atoms with Gasteiger partial charge in [0.15, 0.2) is 0 Å². The first-order valence-electron chi connectivity index (χ1n) is 11.7. The Morgan fingerprint density at radius 1 is 1.03 bits per heavy atom. The molecule has 0 aromatic heterocycles. The number of hydrogen-bond acceptors (Lipinski definition) is 5. The second-order valence-electron chi connectivity index (χ2n) is 8.54. The maximum absolute atomic E-state index is 15.0. The van der Waals surface area contributed by atoms with Crippen LogP contribution < -0.4 is 16.0 Å². The summed E-state index contributed by atoms with van der Waals surface area (Å²) in [5.74, 6) is -2.29. The van der Waals surface area contributed by atoms with Gasteiger partial charge in [-0.3, -0.25) is 9.59 Å². The average molecular weight is 547 g/mol. The van der Waals surface area contributed by atoms with Crippen molar-refractivity contribution in [1.82, 2.24) is 5.32 Å². The van der Waals surface area contributed by atoms with E-state index in [2.05, 4.69) is 22.0 Å². The van der Waals surface area contributed by atoms with Crippen LogP contribution in [0.25, 0.3) is 0 Å². The molecule has 0 bridgehead atoms. The zero-order valence-corrected chi connectivity index (χ0v) is 22.2. The highest BCUT2D eigenvalue weighted by Gasteiger charge is 2.36. The van der Waals surface area contributed by atoms with Gasteiger partial charge in [-0.1, -0.05) is 65.8 Å². The maximum atomic E-state index is 15.0. The van der Waals surface area contributed by atoms with E-state index >= 15 is 4.39 Å². The highest BCUT2D eigenvalue weighted by Crippen LogP contribution is 2.41. The summed E-state index contributed by atoms with van der Waals surface area (Å²) in [6.45, 7) is 3.50. The number of halogens is 2. The van der Waals surface area contributed by atoms with Crippen LogP contribution in [0.2, 0.25) is 5.02 Å². The van der Waals surface area contributed by atoms with Gasteiger partial charge in [0.1, 0.15) is 5.82 Å². The van der Waals surface area contributed by atoms with Gasteiger partial charge in [0.25, 0.3) is 5.91 Å². The first-order chi connectivity index (χ1) is 18.3. The van der Waals surface area contributed by atoms with E-state index in [1.54, 1.807) is 74.5 Å². The molecule has 4 rings (SSSR count). The third kappa shape index (κ3) is 5.91. The molecule has 0 spiro atoms. The topological polar surface area (TPSA) is 94.0 Å². The van der Waals surface area contributed by atoms with Crippen LogP contribution in [0.5, 0.6) is 0 Å². The van der Waals surface area contributed by atoms with Gasteiger partial charge in [-0.05, 0) is 49.7 Å². The number of allylic oxidation sites excluding steroid dienone is 2. The largest absolute Gasteiger partial charge is 0.353 e. The number of nitrogens with zero attached hydrogens (tertiary/aromatic N) is 1. The second-order valence-corrected chi connectivity index (χ2v) is 9.93. The van der Waals surface area contributed by atoms with E-state index in [0.29, 0.717) is 27.1 Å². The number of para-hydroxylation sites is 1. The second kappa shape index (κ2) is 12.0. The average Bonchev–Trinajstić information content (AvgIpc) is 2.90. The highest BCUT2D eigenvalue weighted by atomic mass is 35.5. The number of hydrogen-bond donors (Lipinski definition) is 3. The fourth-order valence-electron chi connectivity index (χ4n) is 4.13. The number of nitrogens with one attached hydrogen (secondary N) is 3. The number of carbonyl (C=O) groups excluding carboxylic acids is 2. The minimum Gasteiger partial charge on any atom is -0.353 e. The van der Waals surface area contributed by atoms with E-state index in [9.17, 15) is 14.9 Å². The lowest BCUT2D eigenvalue weighted by Gasteiger charge is -2.30. The van der Waals surface area contributed by atoms with Crippen LogP contribution in [0.3, 0.4) is 0 Å². The number of benzene rings is 3. The summed E-state index contributed by atoms with van der Waals surface area (Å²) in [5, 5.41) is 19.9. The normalized spacial score (nSPS) is 15.0. The van der Waals surface area contributed by atoms with Crippen LogP contribution in [0.15, 0.2) is 94.7 Å². The fourth-order valence-corrected chi connectivity index (χ4v) is 5.20. The predicted molar refractivity (Wildman–Crippen MR) is 150 cm³/mol. The molecule has 9 heteroatoms. The maximum Gasteiger partial charge on any atom is 0.254 e. The van der Waals surface area contributed by atoms with E-state index in [4.69, 9.17) is 11.6 Å².